The average molecular weight is 338 g/mol. The van der Waals surface area contributed by atoms with Gasteiger partial charge >= 0.3 is 11.9 Å². The van der Waals surface area contributed by atoms with Crippen LogP contribution in [0.1, 0.15) is 31.4 Å². The van der Waals surface area contributed by atoms with E-state index >= 15 is 0 Å². The van der Waals surface area contributed by atoms with Gasteiger partial charge in [-0.3, -0.25) is 4.79 Å². The summed E-state index contributed by atoms with van der Waals surface area (Å²) in [7, 11) is 0. The molecular weight excluding hydrogens is 316 g/mol. The molecule has 0 amide bonds. The minimum absolute atomic E-state index is 0.189. The van der Waals surface area contributed by atoms with Gasteiger partial charge in [0.15, 0.2) is 0 Å². The van der Waals surface area contributed by atoms with Crippen LogP contribution in [0.15, 0.2) is 66.2 Å². The Morgan fingerprint density at radius 1 is 0.920 bits per heavy atom. The Morgan fingerprint density at radius 2 is 1.40 bits per heavy atom. The van der Waals surface area contributed by atoms with Crippen molar-refractivity contribution < 1.29 is 19.4 Å². The highest BCUT2D eigenvalue weighted by Gasteiger charge is 2.31. The van der Waals surface area contributed by atoms with Crippen molar-refractivity contribution in [1.29, 1.82) is 0 Å². The standard InChI is InChI=1S/C21H22O4/c1-3-17(20(22)23)19(21(24)25-4-2)18(15-11-7-5-8-12-15)16-13-9-6-10-14-16/h5-14,17H,3-4H2,1-2H3,(H,22,23). The van der Waals surface area contributed by atoms with E-state index in [2.05, 4.69) is 0 Å². The number of hydrogen-bond donors (Lipinski definition) is 1. The van der Waals surface area contributed by atoms with Crippen LogP contribution >= 0.6 is 0 Å². The molecule has 0 bridgehead atoms. The van der Waals surface area contributed by atoms with Crippen LogP contribution < -0.4 is 0 Å². The molecule has 4 heteroatoms. The quantitative estimate of drug-likeness (QED) is 0.608. The van der Waals surface area contributed by atoms with Crippen LogP contribution in [0.5, 0.6) is 0 Å². The second kappa shape index (κ2) is 8.83. The molecule has 2 rings (SSSR count). The zero-order chi connectivity index (χ0) is 18.2. The molecule has 130 valence electrons. The van der Waals surface area contributed by atoms with E-state index in [9.17, 15) is 14.7 Å². The van der Waals surface area contributed by atoms with E-state index in [1.54, 1.807) is 13.8 Å². The lowest BCUT2D eigenvalue weighted by Gasteiger charge is -2.20. The Bertz CT molecular complexity index is 706. The van der Waals surface area contributed by atoms with Gasteiger partial charge in [-0.25, -0.2) is 4.79 Å². The van der Waals surface area contributed by atoms with Crippen molar-refractivity contribution in [2.45, 2.75) is 20.3 Å². The molecule has 0 saturated heterocycles. The average Bonchev–Trinajstić information content (AvgIpc) is 2.63. The van der Waals surface area contributed by atoms with E-state index in [0.29, 0.717) is 12.0 Å². The molecule has 0 radical (unpaired) electrons. The van der Waals surface area contributed by atoms with Gasteiger partial charge in [-0.15, -0.1) is 0 Å². The number of ether oxygens (including phenoxy) is 1. The lowest BCUT2D eigenvalue weighted by atomic mass is 9.85. The van der Waals surface area contributed by atoms with E-state index in [4.69, 9.17) is 4.74 Å². The Hall–Kier alpha value is -2.88. The van der Waals surface area contributed by atoms with Crippen molar-refractivity contribution in [3.05, 3.63) is 77.4 Å². The summed E-state index contributed by atoms with van der Waals surface area (Å²) in [5.74, 6) is -2.55. The summed E-state index contributed by atoms with van der Waals surface area (Å²) in [5.41, 5.74) is 2.37. The van der Waals surface area contributed by atoms with Gasteiger partial charge in [0, 0.05) is 5.57 Å². The molecule has 0 saturated carbocycles. The molecule has 25 heavy (non-hydrogen) atoms. The molecule has 0 heterocycles. The molecule has 0 aliphatic carbocycles. The van der Waals surface area contributed by atoms with Gasteiger partial charge in [0.25, 0.3) is 0 Å². The first-order chi connectivity index (χ1) is 12.1. The molecule has 1 N–H and O–H groups in total. The van der Waals surface area contributed by atoms with Crippen molar-refractivity contribution >= 4 is 17.5 Å². The maximum atomic E-state index is 12.7. The summed E-state index contributed by atoms with van der Waals surface area (Å²) in [6, 6.07) is 18.7. The summed E-state index contributed by atoms with van der Waals surface area (Å²) < 4.78 is 5.20. The van der Waals surface area contributed by atoms with E-state index in [0.717, 1.165) is 11.1 Å². The lowest BCUT2D eigenvalue weighted by Crippen LogP contribution is -2.24. The predicted molar refractivity (Wildman–Crippen MR) is 97.0 cm³/mol. The second-order valence-corrected chi connectivity index (χ2v) is 5.54. The zero-order valence-electron chi connectivity index (χ0n) is 14.4. The number of benzene rings is 2. The molecule has 2 aromatic rings. The number of carbonyl (C=O) groups excluding carboxylic acids is 1. The molecule has 0 aliphatic heterocycles. The van der Waals surface area contributed by atoms with E-state index in [1.165, 1.54) is 0 Å². The summed E-state index contributed by atoms with van der Waals surface area (Å²) in [6.45, 7) is 3.66. The Balaban J connectivity index is 2.81. The fourth-order valence-electron chi connectivity index (χ4n) is 2.82. The lowest BCUT2D eigenvalue weighted by molar-refractivity contribution is -0.145. The second-order valence-electron chi connectivity index (χ2n) is 5.54. The van der Waals surface area contributed by atoms with Crippen molar-refractivity contribution in [2.75, 3.05) is 6.61 Å². The number of esters is 1. The summed E-state index contributed by atoms with van der Waals surface area (Å²) >= 11 is 0. The third-order valence-electron chi connectivity index (χ3n) is 3.94. The van der Waals surface area contributed by atoms with Gasteiger partial charge in [-0.1, -0.05) is 67.6 Å². The molecule has 0 aromatic heterocycles. The van der Waals surface area contributed by atoms with Crippen molar-refractivity contribution in [3.8, 4) is 0 Å². The first-order valence-corrected chi connectivity index (χ1v) is 8.35. The summed E-state index contributed by atoms with van der Waals surface area (Å²) in [6.07, 6.45) is 0.298. The van der Waals surface area contributed by atoms with Crippen LogP contribution in [0, 0.1) is 5.92 Å². The topological polar surface area (TPSA) is 63.6 Å². The number of carboxylic acids is 1. The van der Waals surface area contributed by atoms with Gasteiger partial charge in [0.2, 0.25) is 0 Å². The molecule has 0 aliphatic rings. The summed E-state index contributed by atoms with van der Waals surface area (Å²) in [5, 5.41) is 9.66. The first-order valence-electron chi connectivity index (χ1n) is 8.35. The Kier molecular flexibility index (Phi) is 6.52. The van der Waals surface area contributed by atoms with Crippen LogP contribution in [0.4, 0.5) is 0 Å². The van der Waals surface area contributed by atoms with Crippen molar-refractivity contribution in [2.24, 2.45) is 5.92 Å². The Labute approximate surface area is 147 Å². The third kappa shape index (κ3) is 4.35. The minimum Gasteiger partial charge on any atom is -0.481 e. The van der Waals surface area contributed by atoms with E-state index in [1.807, 2.05) is 60.7 Å². The third-order valence-corrected chi connectivity index (χ3v) is 3.94. The smallest absolute Gasteiger partial charge is 0.335 e. The normalized spacial score (nSPS) is 11.4. The number of carboxylic acid groups (broad SMARTS) is 1. The van der Waals surface area contributed by atoms with Crippen LogP contribution in [-0.4, -0.2) is 23.7 Å². The van der Waals surface area contributed by atoms with Crippen molar-refractivity contribution in [1.82, 2.24) is 0 Å². The highest BCUT2D eigenvalue weighted by Crippen LogP contribution is 2.33. The highest BCUT2D eigenvalue weighted by atomic mass is 16.5. The van der Waals surface area contributed by atoms with E-state index < -0.39 is 17.9 Å². The van der Waals surface area contributed by atoms with Crippen LogP contribution in [0.25, 0.3) is 5.57 Å². The molecule has 1 unspecified atom stereocenters. The summed E-state index contributed by atoms with van der Waals surface area (Å²) in [4.78, 5) is 24.5. The Morgan fingerprint density at radius 3 is 1.76 bits per heavy atom. The highest BCUT2D eigenvalue weighted by molar-refractivity contribution is 6.05. The van der Waals surface area contributed by atoms with Gasteiger partial charge in [-0.05, 0) is 24.5 Å². The van der Waals surface area contributed by atoms with Gasteiger partial charge < -0.3 is 9.84 Å². The molecule has 0 spiro atoms. The predicted octanol–water partition coefficient (Wildman–Crippen LogP) is 4.16. The van der Waals surface area contributed by atoms with E-state index in [-0.39, 0.29) is 12.2 Å². The fourth-order valence-corrected chi connectivity index (χ4v) is 2.82. The minimum atomic E-state index is -1.03. The van der Waals surface area contributed by atoms with Gasteiger partial charge in [0.1, 0.15) is 0 Å². The number of hydrogen-bond acceptors (Lipinski definition) is 3. The largest absolute Gasteiger partial charge is 0.481 e. The maximum Gasteiger partial charge on any atom is 0.335 e. The SMILES string of the molecule is CCOC(=O)C(=C(c1ccccc1)c1ccccc1)C(CC)C(=O)O. The van der Waals surface area contributed by atoms with Crippen molar-refractivity contribution in [3.63, 3.8) is 0 Å². The van der Waals surface area contributed by atoms with Crippen LogP contribution in [-0.2, 0) is 14.3 Å². The number of aliphatic carboxylic acids is 1. The van der Waals surface area contributed by atoms with Crippen LogP contribution in [0.3, 0.4) is 0 Å². The monoisotopic (exact) mass is 338 g/mol. The molecule has 2 aromatic carbocycles. The molecule has 1 atom stereocenters. The fraction of sp³-hybridized carbons (Fsp3) is 0.238. The van der Waals surface area contributed by atoms with Gasteiger partial charge in [-0.2, -0.15) is 0 Å². The van der Waals surface area contributed by atoms with Crippen LogP contribution in [0.2, 0.25) is 0 Å². The number of rotatable bonds is 7. The zero-order valence-corrected chi connectivity index (χ0v) is 14.4. The maximum absolute atomic E-state index is 12.7. The molecular formula is C21H22O4. The first kappa shape index (κ1) is 18.5. The molecule has 4 nitrogen and oxygen atoms in total. The van der Waals surface area contributed by atoms with Gasteiger partial charge in [0.05, 0.1) is 18.1 Å². The number of carbonyl (C=O) groups is 2. The molecule has 0 fully saturated rings.